The third-order valence-corrected chi connectivity index (χ3v) is 3.06. The summed E-state index contributed by atoms with van der Waals surface area (Å²) in [5, 5.41) is 9.82. The van der Waals surface area contributed by atoms with Gasteiger partial charge < -0.3 is 20.1 Å². The van der Waals surface area contributed by atoms with Gasteiger partial charge in [-0.25, -0.2) is 0 Å². The molecule has 1 aromatic carbocycles. The largest absolute Gasteiger partial charge is 0.496 e. The first kappa shape index (κ1) is 12.4. The molecule has 0 saturated heterocycles. The van der Waals surface area contributed by atoms with Gasteiger partial charge in [0.05, 0.1) is 12.6 Å². The Labute approximate surface area is 105 Å². The molecule has 2 aromatic rings. The van der Waals surface area contributed by atoms with Crippen molar-refractivity contribution >= 4 is 16.9 Å². The van der Waals surface area contributed by atoms with Crippen molar-refractivity contribution in [1.29, 1.82) is 0 Å². The number of hydrogen-bond acceptors (Lipinski definition) is 3. The van der Waals surface area contributed by atoms with Crippen molar-refractivity contribution < 1.29 is 14.6 Å². The van der Waals surface area contributed by atoms with Gasteiger partial charge in [0.2, 0.25) is 0 Å². The van der Waals surface area contributed by atoms with Gasteiger partial charge in [-0.3, -0.25) is 4.79 Å². The number of carbonyl (C=O) groups is 1. The highest BCUT2D eigenvalue weighted by atomic mass is 16.5. The Kier molecular flexibility index (Phi) is 3.25. The molecule has 5 heteroatoms. The van der Waals surface area contributed by atoms with Crippen LogP contribution in [0.1, 0.15) is 5.56 Å². The molecule has 1 heterocycles. The Hall–Kier alpha value is -2.01. The molecule has 0 bridgehead atoms. The summed E-state index contributed by atoms with van der Waals surface area (Å²) in [7, 11) is 3.53. The molecule has 1 atom stereocenters. The third kappa shape index (κ3) is 2.04. The number of rotatable bonds is 4. The minimum absolute atomic E-state index is 0.253. The Balaban J connectivity index is 2.48. The van der Waals surface area contributed by atoms with Crippen LogP contribution in [0, 0.1) is 0 Å². The Morgan fingerprint density at radius 1 is 1.50 bits per heavy atom. The summed E-state index contributed by atoms with van der Waals surface area (Å²) in [4.78, 5) is 10.8. The number of aliphatic carboxylic acids is 1. The topological polar surface area (TPSA) is 77.5 Å². The molecule has 1 unspecified atom stereocenters. The highest BCUT2D eigenvalue weighted by molar-refractivity contribution is 5.88. The van der Waals surface area contributed by atoms with Gasteiger partial charge in [-0.05, 0) is 17.7 Å². The Bertz CT molecular complexity index is 589. The van der Waals surface area contributed by atoms with E-state index in [0.717, 1.165) is 16.5 Å². The zero-order valence-electron chi connectivity index (χ0n) is 10.4. The molecule has 5 nitrogen and oxygen atoms in total. The summed E-state index contributed by atoms with van der Waals surface area (Å²) in [5.41, 5.74) is 7.41. The molecule has 0 radical (unpaired) electrons. The lowest BCUT2D eigenvalue weighted by Crippen LogP contribution is -2.32. The van der Waals surface area contributed by atoms with E-state index in [1.807, 2.05) is 36.0 Å². The van der Waals surface area contributed by atoms with Crippen LogP contribution in [0.4, 0.5) is 0 Å². The van der Waals surface area contributed by atoms with Gasteiger partial charge in [0, 0.05) is 25.1 Å². The summed E-state index contributed by atoms with van der Waals surface area (Å²) in [6, 6.07) is 4.84. The number of hydrogen-bond donors (Lipinski definition) is 2. The van der Waals surface area contributed by atoms with Crippen LogP contribution >= 0.6 is 0 Å². The molecule has 18 heavy (non-hydrogen) atoms. The smallest absolute Gasteiger partial charge is 0.320 e. The van der Waals surface area contributed by atoms with Gasteiger partial charge in [-0.1, -0.05) is 6.07 Å². The van der Waals surface area contributed by atoms with E-state index in [4.69, 9.17) is 15.6 Å². The molecule has 0 aliphatic heterocycles. The first-order valence-electron chi connectivity index (χ1n) is 5.64. The van der Waals surface area contributed by atoms with Crippen LogP contribution < -0.4 is 10.5 Å². The quantitative estimate of drug-likeness (QED) is 0.850. The molecule has 96 valence electrons. The number of ether oxygens (including phenoxy) is 1. The molecule has 1 aromatic heterocycles. The van der Waals surface area contributed by atoms with Crippen LogP contribution in [-0.2, 0) is 18.3 Å². The number of carboxylic acid groups (broad SMARTS) is 1. The lowest BCUT2D eigenvalue weighted by Gasteiger charge is -2.12. The second-order valence-electron chi connectivity index (χ2n) is 4.27. The van der Waals surface area contributed by atoms with Crippen molar-refractivity contribution in [2.24, 2.45) is 12.8 Å². The van der Waals surface area contributed by atoms with Crippen molar-refractivity contribution in [2.75, 3.05) is 7.11 Å². The molecule has 0 amide bonds. The van der Waals surface area contributed by atoms with Gasteiger partial charge in [0.1, 0.15) is 11.8 Å². The molecular weight excluding hydrogens is 232 g/mol. The van der Waals surface area contributed by atoms with Crippen LogP contribution in [0.2, 0.25) is 0 Å². The summed E-state index contributed by atoms with van der Waals surface area (Å²) >= 11 is 0. The molecule has 0 spiro atoms. The molecule has 3 N–H and O–H groups in total. The zero-order chi connectivity index (χ0) is 13.3. The number of benzene rings is 1. The van der Waals surface area contributed by atoms with Gasteiger partial charge >= 0.3 is 5.97 Å². The number of methoxy groups -OCH3 is 1. The number of aromatic nitrogens is 1. The van der Waals surface area contributed by atoms with E-state index in [1.165, 1.54) is 0 Å². The fraction of sp³-hybridized carbons (Fsp3) is 0.308. The monoisotopic (exact) mass is 248 g/mol. The second kappa shape index (κ2) is 4.70. The molecule has 0 fully saturated rings. The first-order valence-corrected chi connectivity index (χ1v) is 5.64. The number of fused-ring (bicyclic) bond motifs is 1. The van der Waals surface area contributed by atoms with E-state index < -0.39 is 12.0 Å². The van der Waals surface area contributed by atoms with E-state index in [9.17, 15) is 4.79 Å². The Morgan fingerprint density at radius 3 is 2.83 bits per heavy atom. The maximum atomic E-state index is 10.8. The maximum absolute atomic E-state index is 10.8. The summed E-state index contributed by atoms with van der Waals surface area (Å²) in [5.74, 6) is -0.310. The van der Waals surface area contributed by atoms with E-state index in [2.05, 4.69) is 0 Å². The zero-order valence-corrected chi connectivity index (χ0v) is 10.4. The fourth-order valence-corrected chi connectivity index (χ4v) is 2.10. The summed E-state index contributed by atoms with van der Waals surface area (Å²) in [6.07, 6.45) is 2.19. The lowest BCUT2D eigenvalue weighted by molar-refractivity contribution is -0.138. The standard InChI is InChI=1S/C13H16N2O3/c1-15-6-5-9-11(15)4-3-8(12(9)18-2)7-10(14)13(16)17/h3-6,10H,7,14H2,1-2H3,(H,16,17). The van der Waals surface area contributed by atoms with Crippen molar-refractivity contribution in [3.05, 3.63) is 30.0 Å². The first-order chi connectivity index (χ1) is 8.54. The number of nitrogens with two attached hydrogens (primary N) is 1. The average Bonchev–Trinajstić information content (AvgIpc) is 2.71. The maximum Gasteiger partial charge on any atom is 0.320 e. The van der Waals surface area contributed by atoms with Crippen molar-refractivity contribution in [3.63, 3.8) is 0 Å². The van der Waals surface area contributed by atoms with Gasteiger partial charge in [-0.15, -0.1) is 0 Å². The van der Waals surface area contributed by atoms with Crippen LogP contribution in [0.3, 0.4) is 0 Å². The van der Waals surface area contributed by atoms with Gasteiger partial charge in [0.25, 0.3) is 0 Å². The SMILES string of the molecule is COc1c(CC(N)C(=O)O)ccc2c1ccn2C. The average molecular weight is 248 g/mol. The molecular formula is C13H16N2O3. The molecule has 2 rings (SSSR count). The van der Waals surface area contributed by atoms with Crippen molar-refractivity contribution in [1.82, 2.24) is 4.57 Å². The molecule has 0 saturated carbocycles. The van der Waals surface area contributed by atoms with Crippen molar-refractivity contribution in [2.45, 2.75) is 12.5 Å². The second-order valence-corrected chi connectivity index (χ2v) is 4.27. The third-order valence-electron chi connectivity index (χ3n) is 3.06. The minimum Gasteiger partial charge on any atom is -0.496 e. The van der Waals surface area contributed by atoms with Crippen LogP contribution in [0.25, 0.3) is 10.9 Å². The number of carboxylic acids is 1. The van der Waals surface area contributed by atoms with Gasteiger partial charge in [-0.2, -0.15) is 0 Å². The minimum atomic E-state index is -1.01. The van der Waals surface area contributed by atoms with E-state index in [0.29, 0.717) is 5.75 Å². The van der Waals surface area contributed by atoms with E-state index >= 15 is 0 Å². The molecule has 0 aliphatic rings. The normalized spacial score (nSPS) is 12.6. The predicted molar refractivity (Wildman–Crippen MR) is 68.8 cm³/mol. The Morgan fingerprint density at radius 2 is 2.22 bits per heavy atom. The lowest BCUT2D eigenvalue weighted by atomic mass is 10.0. The van der Waals surface area contributed by atoms with Crippen molar-refractivity contribution in [3.8, 4) is 5.75 Å². The summed E-state index contributed by atoms with van der Waals surface area (Å²) in [6.45, 7) is 0. The highest BCUT2D eigenvalue weighted by Gasteiger charge is 2.17. The van der Waals surface area contributed by atoms with E-state index in [-0.39, 0.29) is 6.42 Å². The van der Waals surface area contributed by atoms with E-state index in [1.54, 1.807) is 7.11 Å². The summed E-state index contributed by atoms with van der Waals surface area (Å²) < 4.78 is 7.38. The van der Waals surface area contributed by atoms with Crippen LogP contribution in [0.15, 0.2) is 24.4 Å². The number of nitrogens with zero attached hydrogens (tertiary/aromatic N) is 1. The fourth-order valence-electron chi connectivity index (χ4n) is 2.10. The molecule has 0 aliphatic carbocycles. The van der Waals surface area contributed by atoms with Crippen LogP contribution in [0.5, 0.6) is 5.75 Å². The van der Waals surface area contributed by atoms with Crippen LogP contribution in [-0.4, -0.2) is 28.8 Å². The highest BCUT2D eigenvalue weighted by Crippen LogP contribution is 2.30. The van der Waals surface area contributed by atoms with Gasteiger partial charge in [0.15, 0.2) is 0 Å². The number of aryl methyl sites for hydroxylation is 1. The predicted octanol–water partition coefficient (Wildman–Crippen LogP) is 1.14.